The fourth-order valence-corrected chi connectivity index (χ4v) is 6.15. The molecule has 1 saturated heterocycles. The van der Waals surface area contributed by atoms with Crippen LogP contribution in [0.25, 0.3) is 0 Å². The van der Waals surface area contributed by atoms with Gasteiger partial charge < -0.3 is 5.32 Å². The van der Waals surface area contributed by atoms with Crippen molar-refractivity contribution in [1.29, 1.82) is 0 Å². The van der Waals surface area contributed by atoms with Gasteiger partial charge in [0.15, 0.2) is 0 Å². The molecule has 2 heterocycles. The number of hydrogen-bond donors (Lipinski definition) is 1. The number of aryl methyl sites for hydroxylation is 1. The Morgan fingerprint density at radius 3 is 2.55 bits per heavy atom. The number of para-hydroxylation sites is 1. The SMILES string of the molecule is Cc1ccc(F)cc1S(=O)(=O)N1CCC(c2nnc(C(=O)Nc3ccccc3)s2)CC1. The number of carbonyl (C=O) groups is 1. The molecular weight excluding hydrogens is 439 g/mol. The zero-order valence-electron chi connectivity index (χ0n) is 16.8. The van der Waals surface area contributed by atoms with E-state index in [1.807, 2.05) is 18.2 Å². The van der Waals surface area contributed by atoms with E-state index in [9.17, 15) is 17.6 Å². The van der Waals surface area contributed by atoms with Gasteiger partial charge in [-0.2, -0.15) is 4.31 Å². The van der Waals surface area contributed by atoms with Crippen LogP contribution in [0.4, 0.5) is 10.1 Å². The number of halogens is 1. The number of nitrogens with zero attached hydrogens (tertiary/aromatic N) is 3. The van der Waals surface area contributed by atoms with Gasteiger partial charge in [0.2, 0.25) is 15.0 Å². The second-order valence-electron chi connectivity index (χ2n) is 7.35. The van der Waals surface area contributed by atoms with Gasteiger partial charge in [-0.3, -0.25) is 4.79 Å². The number of sulfonamides is 1. The molecule has 31 heavy (non-hydrogen) atoms. The van der Waals surface area contributed by atoms with E-state index in [0.717, 1.165) is 11.1 Å². The average Bonchev–Trinajstić information content (AvgIpc) is 3.27. The van der Waals surface area contributed by atoms with Crippen LogP contribution in [-0.4, -0.2) is 41.9 Å². The predicted octanol–water partition coefficient (Wildman–Crippen LogP) is 3.81. The van der Waals surface area contributed by atoms with Crippen molar-refractivity contribution in [2.75, 3.05) is 18.4 Å². The molecule has 0 aliphatic carbocycles. The quantitative estimate of drug-likeness (QED) is 0.625. The molecule has 1 aliphatic heterocycles. The van der Waals surface area contributed by atoms with Gasteiger partial charge in [0.25, 0.3) is 5.91 Å². The van der Waals surface area contributed by atoms with E-state index in [2.05, 4.69) is 15.5 Å². The molecule has 0 saturated carbocycles. The second-order valence-corrected chi connectivity index (χ2v) is 10.3. The molecule has 0 unspecified atom stereocenters. The summed E-state index contributed by atoms with van der Waals surface area (Å²) in [5.74, 6) is -0.874. The Labute approximate surface area is 184 Å². The van der Waals surface area contributed by atoms with Crippen LogP contribution in [0.15, 0.2) is 53.4 Å². The first-order chi connectivity index (χ1) is 14.8. The van der Waals surface area contributed by atoms with E-state index in [0.29, 0.717) is 37.2 Å². The van der Waals surface area contributed by atoms with Crippen molar-refractivity contribution >= 4 is 33.0 Å². The third kappa shape index (κ3) is 4.65. The van der Waals surface area contributed by atoms with Gasteiger partial charge in [-0.15, -0.1) is 10.2 Å². The van der Waals surface area contributed by atoms with Crippen LogP contribution in [0.1, 0.15) is 39.1 Å². The molecular formula is C21H21FN4O3S2. The summed E-state index contributed by atoms with van der Waals surface area (Å²) in [5, 5.41) is 11.9. The van der Waals surface area contributed by atoms with Gasteiger partial charge in [0.05, 0.1) is 4.90 Å². The van der Waals surface area contributed by atoms with E-state index in [1.165, 1.54) is 27.8 Å². The Morgan fingerprint density at radius 1 is 1.13 bits per heavy atom. The summed E-state index contributed by atoms with van der Waals surface area (Å²) in [5.41, 5.74) is 1.19. The van der Waals surface area contributed by atoms with E-state index >= 15 is 0 Å². The molecule has 0 atom stereocenters. The largest absolute Gasteiger partial charge is 0.320 e. The number of benzene rings is 2. The van der Waals surface area contributed by atoms with Crippen molar-refractivity contribution in [2.24, 2.45) is 0 Å². The van der Waals surface area contributed by atoms with Crippen molar-refractivity contribution in [3.8, 4) is 0 Å². The maximum atomic E-state index is 13.6. The summed E-state index contributed by atoms with van der Waals surface area (Å²) in [6.45, 7) is 2.25. The number of amides is 1. The van der Waals surface area contributed by atoms with Gasteiger partial charge >= 0.3 is 0 Å². The first kappa shape index (κ1) is 21.5. The van der Waals surface area contributed by atoms with Crippen LogP contribution in [0.3, 0.4) is 0 Å². The summed E-state index contributed by atoms with van der Waals surface area (Å²) >= 11 is 1.22. The minimum Gasteiger partial charge on any atom is -0.320 e. The van der Waals surface area contributed by atoms with Gasteiger partial charge in [-0.1, -0.05) is 35.6 Å². The van der Waals surface area contributed by atoms with Crippen LogP contribution in [-0.2, 0) is 10.0 Å². The zero-order valence-corrected chi connectivity index (χ0v) is 18.4. The summed E-state index contributed by atoms with van der Waals surface area (Å²) < 4.78 is 40.9. The lowest BCUT2D eigenvalue weighted by Gasteiger charge is -2.30. The van der Waals surface area contributed by atoms with Crippen molar-refractivity contribution in [3.05, 3.63) is 69.9 Å². The van der Waals surface area contributed by atoms with E-state index in [-0.39, 0.29) is 21.7 Å². The van der Waals surface area contributed by atoms with Crippen molar-refractivity contribution in [1.82, 2.24) is 14.5 Å². The molecule has 1 amide bonds. The van der Waals surface area contributed by atoms with Gasteiger partial charge in [-0.25, -0.2) is 12.8 Å². The topological polar surface area (TPSA) is 92.3 Å². The monoisotopic (exact) mass is 460 g/mol. The molecule has 1 aromatic heterocycles. The molecule has 0 radical (unpaired) electrons. The van der Waals surface area contributed by atoms with E-state index in [1.54, 1.807) is 19.1 Å². The van der Waals surface area contributed by atoms with Crippen molar-refractivity contribution in [3.63, 3.8) is 0 Å². The Kier molecular flexibility index (Phi) is 6.12. The molecule has 10 heteroatoms. The Morgan fingerprint density at radius 2 is 1.84 bits per heavy atom. The zero-order chi connectivity index (χ0) is 22.0. The summed E-state index contributed by atoms with van der Waals surface area (Å²) in [6.07, 6.45) is 1.12. The minimum absolute atomic E-state index is 0.00161. The van der Waals surface area contributed by atoms with Crippen LogP contribution < -0.4 is 5.32 Å². The van der Waals surface area contributed by atoms with E-state index < -0.39 is 15.8 Å². The lowest BCUT2D eigenvalue weighted by atomic mass is 9.99. The van der Waals surface area contributed by atoms with Gasteiger partial charge in [0, 0.05) is 24.7 Å². The number of anilines is 1. The van der Waals surface area contributed by atoms with Crippen LogP contribution in [0.5, 0.6) is 0 Å². The maximum absolute atomic E-state index is 13.6. The number of carbonyl (C=O) groups excluding carboxylic acids is 1. The number of nitrogens with one attached hydrogen (secondary N) is 1. The Balaban J connectivity index is 1.41. The standard InChI is InChI=1S/C21H21FN4O3S2/c1-14-7-8-16(22)13-18(14)31(28,29)26-11-9-15(10-12-26)20-24-25-21(30-20)19(27)23-17-5-3-2-4-6-17/h2-8,13,15H,9-12H2,1H3,(H,23,27). The minimum atomic E-state index is -3.77. The number of piperidine rings is 1. The normalized spacial score (nSPS) is 15.7. The highest BCUT2D eigenvalue weighted by Crippen LogP contribution is 2.33. The summed E-state index contributed by atoms with van der Waals surface area (Å²) in [6, 6.07) is 12.9. The summed E-state index contributed by atoms with van der Waals surface area (Å²) in [7, 11) is -3.77. The highest BCUT2D eigenvalue weighted by molar-refractivity contribution is 7.89. The highest BCUT2D eigenvalue weighted by atomic mass is 32.2. The third-order valence-electron chi connectivity index (χ3n) is 5.24. The van der Waals surface area contributed by atoms with Gasteiger partial charge in [0.1, 0.15) is 10.8 Å². The fourth-order valence-electron chi connectivity index (χ4n) is 3.53. The molecule has 0 spiro atoms. The molecule has 4 rings (SSSR count). The lowest BCUT2D eigenvalue weighted by molar-refractivity contribution is 0.102. The molecule has 2 aromatic carbocycles. The van der Waals surface area contributed by atoms with Crippen LogP contribution in [0, 0.1) is 12.7 Å². The molecule has 162 valence electrons. The van der Waals surface area contributed by atoms with Crippen LogP contribution in [0.2, 0.25) is 0 Å². The molecule has 1 N–H and O–H groups in total. The van der Waals surface area contributed by atoms with Crippen molar-refractivity contribution < 1.29 is 17.6 Å². The average molecular weight is 461 g/mol. The fraction of sp³-hybridized carbons (Fsp3) is 0.286. The summed E-state index contributed by atoms with van der Waals surface area (Å²) in [4.78, 5) is 12.4. The first-order valence-corrected chi connectivity index (χ1v) is 12.1. The Hall–Kier alpha value is -2.69. The molecule has 1 aliphatic rings. The van der Waals surface area contributed by atoms with Gasteiger partial charge in [-0.05, 0) is 49.6 Å². The third-order valence-corrected chi connectivity index (χ3v) is 8.36. The lowest BCUT2D eigenvalue weighted by Crippen LogP contribution is -2.38. The Bertz CT molecular complexity index is 1190. The maximum Gasteiger partial charge on any atom is 0.286 e. The number of hydrogen-bond acceptors (Lipinski definition) is 6. The molecule has 7 nitrogen and oxygen atoms in total. The first-order valence-electron chi connectivity index (χ1n) is 9.80. The molecule has 1 fully saturated rings. The van der Waals surface area contributed by atoms with Crippen LogP contribution >= 0.6 is 11.3 Å². The predicted molar refractivity (Wildman–Crippen MR) is 116 cm³/mol. The second kappa shape index (κ2) is 8.81. The number of rotatable bonds is 5. The van der Waals surface area contributed by atoms with Crippen molar-refractivity contribution in [2.45, 2.75) is 30.6 Å². The highest BCUT2D eigenvalue weighted by Gasteiger charge is 2.32. The number of aromatic nitrogens is 2. The molecule has 0 bridgehead atoms. The smallest absolute Gasteiger partial charge is 0.286 e. The van der Waals surface area contributed by atoms with E-state index in [4.69, 9.17) is 0 Å². The molecule has 3 aromatic rings.